The number of aromatic nitrogens is 2. The molecule has 1 aliphatic heterocycles. The Hall–Kier alpha value is -2.38. The summed E-state index contributed by atoms with van der Waals surface area (Å²) in [5.74, 6) is 0.156. The molecule has 1 atom stereocenters. The van der Waals surface area contributed by atoms with Gasteiger partial charge in [-0.2, -0.15) is 0 Å². The summed E-state index contributed by atoms with van der Waals surface area (Å²) in [7, 11) is 0. The van der Waals surface area contributed by atoms with Crippen LogP contribution in [0.25, 0.3) is 0 Å². The zero-order valence-electron chi connectivity index (χ0n) is 16.8. The zero-order chi connectivity index (χ0) is 20.4. The average molecular weight is 425 g/mol. The lowest BCUT2D eigenvalue weighted by Gasteiger charge is -2.30. The molecule has 1 amide bonds. The Labute approximate surface area is 179 Å². The molecule has 2 aromatic carbocycles. The number of carbonyl (C=O) groups is 1. The number of hydrogen-bond donors (Lipinski definition) is 1. The van der Waals surface area contributed by atoms with E-state index in [1.807, 2.05) is 17.9 Å². The highest BCUT2D eigenvalue weighted by Gasteiger charge is 2.26. The highest BCUT2D eigenvalue weighted by atomic mass is 32.2. The smallest absolute Gasteiger partial charge is 0.236 e. The molecule has 0 aliphatic carbocycles. The summed E-state index contributed by atoms with van der Waals surface area (Å²) in [6.45, 7) is 7.57. The van der Waals surface area contributed by atoms with Crippen LogP contribution in [0.15, 0.2) is 46.8 Å². The zero-order valence-corrected chi connectivity index (χ0v) is 18.4. The topological polar surface area (TPSA) is 58.1 Å². The van der Waals surface area contributed by atoms with E-state index in [4.69, 9.17) is 0 Å². The number of nitrogens with zero attached hydrogens (tertiary/aromatic N) is 3. The van der Waals surface area contributed by atoms with Gasteiger partial charge in [-0.15, -0.1) is 10.2 Å². The second kappa shape index (κ2) is 8.55. The van der Waals surface area contributed by atoms with Gasteiger partial charge in [-0.05, 0) is 49.9 Å². The standard InChI is InChI=1S/C22H24N4OS2/c1-14-8-9-19(15(2)12-14)23-21-24-25-22(29-21)28-16(3)20(27)26-11-10-17-6-4-5-7-18(17)13-26/h4-9,12,16H,10-11,13H2,1-3H3,(H,23,24)/t16-/m1/s1. The fraction of sp³-hybridized carbons (Fsp3) is 0.318. The third-order valence-corrected chi connectivity index (χ3v) is 7.11. The minimum atomic E-state index is -0.192. The summed E-state index contributed by atoms with van der Waals surface area (Å²) in [6.07, 6.45) is 0.919. The van der Waals surface area contributed by atoms with Crippen molar-refractivity contribution in [2.24, 2.45) is 0 Å². The molecule has 0 saturated heterocycles. The number of aryl methyl sites for hydroxylation is 2. The van der Waals surface area contributed by atoms with E-state index in [0.29, 0.717) is 6.54 Å². The monoisotopic (exact) mass is 424 g/mol. The molecule has 7 heteroatoms. The van der Waals surface area contributed by atoms with E-state index in [-0.39, 0.29) is 11.2 Å². The lowest BCUT2D eigenvalue weighted by molar-refractivity contribution is -0.131. The van der Waals surface area contributed by atoms with Crippen molar-refractivity contribution >= 4 is 39.8 Å². The summed E-state index contributed by atoms with van der Waals surface area (Å²) in [5.41, 5.74) is 6.03. The lowest BCUT2D eigenvalue weighted by Crippen LogP contribution is -2.40. The third-order valence-electron chi connectivity index (χ3n) is 5.10. The third kappa shape index (κ3) is 4.62. The van der Waals surface area contributed by atoms with E-state index in [9.17, 15) is 4.79 Å². The van der Waals surface area contributed by atoms with Crippen LogP contribution in [-0.2, 0) is 17.8 Å². The fourth-order valence-corrected chi connectivity index (χ4v) is 5.51. The normalized spacial score (nSPS) is 14.4. The number of amides is 1. The average Bonchev–Trinajstić information content (AvgIpc) is 3.16. The molecule has 4 rings (SSSR count). The summed E-state index contributed by atoms with van der Waals surface area (Å²) in [6, 6.07) is 14.6. The Morgan fingerprint density at radius 1 is 1.17 bits per heavy atom. The molecule has 150 valence electrons. The molecular weight excluding hydrogens is 400 g/mol. The first-order chi connectivity index (χ1) is 14.0. The molecule has 0 unspecified atom stereocenters. The molecule has 1 aromatic heterocycles. The minimum absolute atomic E-state index is 0.156. The molecule has 0 radical (unpaired) electrons. The maximum absolute atomic E-state index is 12.9. The predicted octanol–water partition coefficient (Wildman–Crippen LogP) is 4.96. The maximum atomic E-state index is 12.9. The van der Waals surface area contributed by atoms with Crippen LogP contribution in [0.5, 0.6) is 0 Å². The van der Waals surface area contributed by atoms with E-state index in [0.717, 1.165) is 28.1 Å². The van der Waals surface area contributed by atoms with Gasteiger partial charge >= 0.3 is 0 Å². The molecule has 0 fully saturated rings. The van der Waals surface area contributed by atoms with Crippen LogP contribution in [0.2, 0.25) is 0 Å². The van der Waals surface area contributed by atoms with Crippen molar-refractivity contribution in [3.8, 4) is 0 Å². The Morgan fingerprint density at radius 3 is 2.76 bits per heavy atom. The Morgan fingerprint density at radius 2 is 1.97 bits per heavy atom. The number of anilines is 2. The van der Waals surface area contributed by atoms with Crippen LogP contribution in [-0.4, -0.2) is 32.8 Å². The van der Waals surface area contributed by atoms with E-state index in [1.165, 1.54) is 45.4 Å². The number of nitrogens with one attached hydrogen (secondary N) is 1. The van der Waals surface area contributed by atoms with Gasteiger partial charge in [-0.1, -0.05) is 65.1 Å². The van der Waals surface area contributed by atoms with Crippen molar-refractivity contribution in [1.82, 2.24) is 15.1 Å². The largest absolute Gasteiger partial charge is 0.337 e. The molecule has 0 spiro atoms. The summed E-state index contributed by atoms with van der Waals surface area (Å²) in [4.78, 5) is 14.9. The Balaban J connectivity index is 1.37. The molecule has 1 aliphatic rings. The molecule has 29 heavy (non-hydrogen) atoms. The van der Waals surface area contributed by atoms with Crippen LogP contribution >= 0.6 is 23.1 Å². The van der Waals surface area contributed by atoms with Crippen LogP contribution in [0.1, 0.15) is 29.2 Å². The molecule has 5 nitrogen and oxygen atoms in total. The summed E-state index contributed by atoms with van der Waals surface area (Å²) < 4.78 is 0.801. The second-order valence-corrected chi connectivity index (χ2v) is 9.92. The predicted molar refractivity (Wildman–Crippen MR) is 120 cm³/mol. The molecule has 2 heterocycles. The number of benzene rings is 2. The van der Waals surface area contributed by atoms with Crippen LogP contribution in [0.3, 0.4) is 0 Å². The number of fused-ring (bicyclic) bond motifs is 1. The fourth-order valence-electron chi connectivity index (χ4n) is 3.52. The number of rotatable bonds is 5. The minimum Gasteiger partial charge on any atom is -0.337 e. The van der Waals surface area contributed by atoms with Gasteiger partial charge in [0.2, 0.25) is 11.0 Å². The van der Waals surface area contributed by atoms with Gasteiger partial charge in [0.05, 0.1) is 5.25 Å². The van der Waals surface area contributed by atoms with Crippen LogP contribution in [0.4, 0.5) is 10.8 Å². The number of carbonyl (C=O) groups excluding carboxylic acids is 1. The Bertz CT molecular complexity index is 1030. The highest BCUT2D eigenvalue weighted by Crippen LogP contribution is 2.32. The molecule has 0 saturated carbocycles. The van der Waals surface area contributed by atoms with Crippen molar-refractivity contribution in [2.45, 2.75) is 43.3 Å². The van der Waals surface area contributed by atoms with Crippen LogP contribution < -0.4 is 5.32 Å². The van der Waals surface area contributed by atoms with E-state index < -0.39 is 0 Å². The first-order valence-electron chi connectivity index (χ1n) is 9.69. The van der Waals surface area contributed by atoms with Crippen LogP contribution in [0, 0.1) is 13.8 Å². The quantitative estimate of drug-likeness (QED) is 0.587. The molecule has 1 N–H and O–H groups in total. The Kier molecular flexibility index (Phi) is 5.87. The van der Waals surface area contributed by atoms with Crippen molar-refractivity contribution in [3.05, 3.63) is 64.7 Å². The van der Waals surface area contributed by atoms with Crippen molar-refractivity contribution < 1.29 is 4.79 Å². The van der Waals surface area contributed by atoms with Crippen molar-refractivity contribution in [2.75, 3.05) is 11.9 Å². The van der Waals surface area contributed by atoms with Gasteiger partial charge in [0.1, 0.15) is 0 Å². The first kappa shape index (κ1) is 19.9. The molecule has 3 aromatic rings. The number of thioether (sulfide) groups is 1. The number of hydrogen-bond acceptors (Lipinski definition) is 6. The molecule has 0 bridgehead atoms. The van der Waals surface area contributed by atoms with Gasteiger partial charge in [0.15, 0.2) is 4.34 Å². The summed E-state index contributed by atoms with van der Waals surface area (Å²) in [5, 5.41) is 12.4. The van der Waals surface area contributed by atoms with Gasteiger partial charge in [0.25, 0.3) is 0 Å². The first-order valence-corrected chi connectivity index (χ1v) is 11.4. The van der Waals surface area contributed by atoms with Gasteiger partial charge in [-0.25, -0.2) is 0 Å². The van der Waals surface area contributed by atoms with Gasteiger partial charge < -0.3 is 10.2 Å². The van der Waals surface area contributed by atoms with Gasteiger partial charge in [0, 0.05) is 18.8 Å². The lowest BCUT2D eigenvalue weighted by atomic mass is 10.00. The second-order valence-electron chi connectivity index (χ2n) is 7.36. The van der Waals surface area contributed by atoms with E-state index >= 15 is 0 Å². The van der Waals surface area contributed by atoms with E-state index in [1.54, 1.807) is 0 Å². The summed E-state index contributed by atoms with van der Waals surface area (Å²) >= 11 is 2.96. The highest BCUT2D eigenvalue weighted by molar-refractivity contribution is 8.02. The van der Waals surface area contributed by atoms with Crippen molar-refractivity contribution in [3.63, 3.8) is 0 Å². The maximum Gasteiger partial charge on any atom is 0.236 e. The van der Waals surface area contributed by atoms with Crippen molar-refractivity contribution in [1.29, 1.82) is 0 Å². The SMILES string of the molecule is Cc1ccc(Nc2nnc(S[C@H](C)C(=O)N3CCc4ccccc4C3)s2)c(C)c1. The molecular formula is C22H24N4OS2. The van der Waals surface area contributed by atoms with Gasteiger partial charge in [-0.3, -0.25) is 4.79 Å². The van der Waals surface area contributed by atoms with E-state index in [2.05, 4.69) is 65.8 Å².